The van der Waals surface area contributed by atoms with E-state index in [2.05, 4.69) is 14.1 Å². The molecule has 0 bridgehead atoms. The predicted octanol–water partition coefficient (Wildman–Crippen LogP) is 1.83. The average Bonchev–Trinajstić information content (AvgIpc) is 2.42. The molecule has 0 amide bonds. The van der Waals surface area contributed by atoms with Crippen molar-refractivity contribution < 1.29 is 41.7 Å². The zero-order valence-corrected chi connectivity index (χ0v) is 10.4. The van der Waals surface area contributed by atoms with Crippen molar-refractivity contribution in [2.45, 2.75) is 17.8 Å². The SMILES string of the molecule is O=C(OCc1ccccc1)C(F)(SOO[O-])C(F)(F)F. The van der Waals surface area contributed by atoms with Crippen molar-refractivity contribution in [3.8, 4) is 0 Å². The molecule has 0 N–H and O–H groups in total. The van der Waals surface area contributed by atoms with Crippen LogP contribution in [0.15, 0.2) is 30.3 Å². The predicted molar refractivity (Wildman–Crippen MR) is 55.9 cm³/mol. The minimum atomic E-state index is -5.65. The number of hydrogen-bond acceptors (Lipinski definition) is 6. The van der Waals surface area contributed by atoms with Gasteiger partial charge in [-0.3, -0.25) is 5.04 Å². The number of ether oxygens (including phenoxy) is 1. The number of carbonyl (C=O) groups is 1. The van der Waals surface area contributed by atoms with Gasteiger partial charge in [0.25, 0.3) is 0 Å². The van der Waals surface area contributed by atoms with Crippen molar-refractivity contribution in [3.05, 3.63) is 35.9 Å². The molecule has 1 atom stereocenters. The Balaban J connectivity index is 2.74. The summed E-state index contributed by atoms with van der Waals surface area (Å²) in [6.45, 7) is -0.569. The summed E-state index contributed by atoms with van der Waals surface area (Å²) >= 11 is -1.13. The summed E-state index contributed by atoms with van der Waals surface area (Å²) in [4.78, 5) is 11.2. The van der Waals surface area contributed by atoms with Gasteiger partial charge in [0, 0.05) is 0 Å². The molecule has 5 nitrogen and oxygen atoms in total. The van der Waals surface area contributed by atoms with Crippen LogP contribution in [0.2, 0.25) is 0 Å². The van der Waals surface area contributed by atoms with E-state index >= 15 is 0 Å². The van der Waals surface area contributed by atoms with Crippen molar-refractivity contribution in [1.29, 1.82) is 0 Å². The van der Waals surface area contributed by atoms with Crippen LogP contribution >= 0.6 is 12.0 Å². The first-order valence-corrected chi connectivity index (χ1v) is 5.66. The molecular formula is C10H7F4O5S-. The van der Waals surface area contributed by atoms with Crippen LogP contribution in [0.3, 0.4) is 0 Å². The molecule has 0 spiro atoms. The fraction of sp³-hybridized carbons (Fsp3) is 0.300. The summed E-state index contributed by atoms with van der Waals surface area (Å²) in [5, 5.41) is 7.52. The number of benzene rings is 1. The van der Waals surface area contributed by atoms with Gasteiger partial charge in [-0.25, -0.2) is 9.18 Å². The summed E-state index contributed by atoms with van der Waals surface area (Å²) in [5.74, 6) is -2.25. The van der Waals surface area contributed by atoms with Gasteiger partial charge in [0.05, 0.1) is 12.0 Å². The molecule has 0 fully saturated rings. The highest BCUT2D eigenvalue weighted by Gasteiger charge is 2.65. The first-order valence-electron chi connectivity index (χ1n) is 4.92. The Morgan fingerprint density at radius 2 is 1.80 bits per heavy atom. The maximum absolute atomic E-state index is 13.6. The second kappa shape index (κ2) is 6.88. The van der Waals surface area contributed by atoms with Crippen LogP contribution in [0.1, 0.15) is 5.56 Å². The monoisotopic (exact) mass is 315 g/mol. The van der Waals surface area contributed by atoms with Crippen molar-refractivity contribution >= 4 is 18.0 Å². The second-order valence-corrected chi connectivity index (χ2v) is 4.24. The molecule has 0 aliphatic rings. The topological polar surface area (TPSA) is 67.8 Å². The van der Waals surface area contributed by atoms with E-state index in [1.54, 1.807) is 18.2 Å². The van der Waals surface area contributed by atoms with Gasteiger partial charge >= 0.3 is 17.1 Å². The van der Waals surface area contributed by atoms with Gasteiger partial charge in [0.15, 0.2) is 0 Å². The third-order valence-corrected chi connectivity index (χ3v) is 2.77. The highest BCUT2D eigenvalue weighted by atomic mass is 32.2. The second-order valence-electron chi connectivity index (χ2n) is 3.37. The van der Waals surface area contributed by atoms with Gasteiger partial charge < -0.3 is 9.99 Å². The van der Waals surface area contributed by atoms with Gasteiger partial charge in [0.1, 0.15) is 6.61 Å². The van der Waals surface area contributed by atoms with Crippen molar-refractivity contribution in [2.24, 2.45) is 0 Å². The van der Waals surface area contributed by atoms with E-state index in [9.17, 15) is 27.6 Å². The molecule has 1 aromatic rings. The first-order chi connectivity index (χ1) is 9.31. The molecule has 1 aromatic carbocycles. The Bertz CT molecular complexity index is 441. The highest BCUT2D eigenvalue weighted by molar-refractivity contribution is 7.96. The third kappa shape index (κ3) is 4.07. The van der Waals surface area contributed by atoms with Crippen molar-refractivity contribution in [2.75, 3.05) is 0 Å². The van der Waals surface area contributed by atoms with E-state index < -0.39 is 35.8 Å². The molecule has 0 aliphatic carbocycles. The van der Waals surface area contributed by atoms with Crippen LogP contribution in [0.4, 0.5) is 17.6 Å². The maximum Gasteiger partial charge on any atom is 0.446 e. The minimum absolute atomic E-state index is 0.358. The van der Waals surface area contributed by atoms with E-state index in [1.165, 1.54) is 12.1 Å². The molecular weight excluding hydrogens is 308 g/mol. The molecule has 0 saturated heterocycles. The molecule has 1 rings (SSSR count). The lowest BCUT2D eigenvalue weighted by atomic mass is 10.2. The fourth-order valence-electron chi connectivity index (χ4n) is 1.07. The molecule has 0 heterocycles. The highest BCUT2D eigenvalue weighted by Crippen LogP contribution is 2.44. The van der Waals surface area contributed by atoms with Crippen LogP contribution < -0.4 is 5.26 Å². The molecule has 0 aliphatic heterocycles. The number of carbonyl (C=O) groups excluding carboxylic acids is 1. The van der Waals surface area contributed by atoms with Gasteiger partial charge in [-0.15, -0.1) is 0 Å². The Morgan fingerprint density at radius 1 is 1.20 bits per heavy atom. The van der Waals surface area contributed by atoms with Crippen LogP contribution in [0.25, 0.3) is 0 Å². The summed E-state index contributed by atoms with van der Waals surface area (Å²) in [7, 11) is 0. The first kappa shape index (κ1) is 16.7. The Labute approximate surface area is 114 Å². The largest absolute Gasteiger partial charge is 0.691 e. The van der Waals surface area contributed by atoms with Crippen molar-refractivity contribution in [3.63, 3.8) is 0 Å². The van der Waals surface area contributed by atoms with Crippen molar-refractivity contribution in [1.82, 2.24) is 0 Å². The van der Waals surface area contributed by atoms with Gasteiger partial charge in [-0.2, -0.15) is 17.5 Å². The van der Waals surface area contributed by atoms with E-state index in [1.807, 2.05) is 0 Å². The van der Waals surface area contributed by atoms with Crippen LogP contribution in [0.5, 0.6) is 0 Å². The lowest BCUT2D eigenvalue weighted by Gasteiger charge is -2.23. The van der Waals surface area contributed by atoms with Crippen LogP contribution in [-0.4, -0.2) is 17.1 Å². The zero-order chi connectivity index (χ0) is 15.2. The number of halogens is 4. The zero-order valence-electron chi connectivity index (χ0n) is 9.56. The number of esters is 1. The van der Waals surface area contributed by atoms with E-state index in [0.29, 0.717) is 5.56 Å². The van der Waals surface area contributed by atoms with E-state index in [4.69, 9.17) is 0 Å². The number of rotatable bonds is 6. The summed E-state index contributed by atoms with van der Waals surface area (Å²) < 4.78 is 58.5. The number of alkyl halides is 4. The Morgan fingerprint density at radius 3 is 2.30 bits per heavy atom. The molecule has 0 aromatic heterocycles. The van der Waals surface area contributed by atoms with Gasteiger partial charge in [0.2, 0.25) is 0 Å². The summed E-state index contributed by atoms with van der Waals surface area (Å²) in [5.41, 5.74) is 0.358. The lowest BCUT2D eigenvalue weighted by molar-refractivity contribution is -0.777. The standard InChI is InChI=1S/C10H8F4O5S/c11-9(10(12,13)14,20-19-18-16)8(15)17-6-7-4-2-1-3-5-7/h1-5,16H,6H2/p-1. The van der Waals surface area contributed by atoms with Gasteiger partial charge in [-0.1, -0.05) is 30.3 Å². The van der Waals surface area contributed by atoms with Crippen LogP contribution in [0, 0.1) is 0 Å². The minimum Gasteiger partial charge on any atom is -0.691 e. The lowest BCUT2D eigenvalue weighted by Crippen LogP contribution is -2.46. The molecule has 20 heavy (non-hydrogen) atoms. The Hall–Kier alpha value is -1.36. The number of hydrogen-bond donors (Lipinski definition) is 0. The van der Waals surface area contributed by atoms with Gasteiger partial charge in [-0.05, 0) is 5.56 Å². The summed E-state index contributed by atoms with van der Waals surface area (Å²) in [6, 6.07) is 7.67. The van der Waals surface area contributed by atoms with E-state index in [0.717, 1.165) is 0 Å². The Kier molecular flexibility index (Phi) is 5.74. The molecule has 0 saturated carbocycles. The third-order valence-electron chi connectivity index (χ3n) is 2.02. The quantitative estimate of drug-likeness (QED) is 0.262. The molecule has 10 heteroatoms. The maximum atomic E-state index is 13.6. The fourth-order valence-corrected chi connectivity index (χ4v) is 1.42. The van der Waals surface area contributed by atoms with Crippen LogP contribution in [-0.2, 0) is 25.5 Å². The summed E-state index contributed by atoms with van der Waals surface area (Å²) in [6.07, 6.45) is -5.65. The molecule has 0 radical (unpaired) electrons. The normalized spacial score (nSPS) is 14.7. The smallest absolute Gasteiger partial charge is 0.446 e. The average molecular weight is 315 g/mol. The molecule has 1 unspecified atom stereocenters. The van der Waals surface area contributed by atoms with E-state index in [-0.39, 0.29) is 0 Å². The molecule has 112 valence electrons.